The van der Waals surface area contributed by atoms with Gasteiger partial charge in [-0.2, -0.15) is 0 Å². The molecule has 12 aromatic carbocycles. The molecule has 6 saturated heterocycles. The number of H-pyrrole nitrogens is 2. The third-order valence-corrected chi connectivity index (χ3v) is 30.1. The van der Waals surface area contributed by atoms with E-state index in [-0.39, 0.29) is 61.6 Å². The monoisotopic (exact) mass is 2000 g/mol. The molecule has 148 heavy (non-hydrogen) atoms. The zero-order valence-electron chi connectivity index (χ0n) is 85.4. The molecular weight excluding hydrogens is 1860 g/mol. The Kier molecular flexibility index (Phi) is 33.9. The maximum absolute atomic E-state index is 13.0. The van der Waals surface area contributed by atoms with E-state index in [1.54, 1.807) is 38.4 Å². The van der Waals surface area contributed by atoms with Gasteiger partial charge in [0.1, 0.15) is 73.7 Å². The molecule has 772 valence electrons. The number of rotatable bonds is 29. The summed E-state index contributed by atoms with van der Waals surface area (Å²) in [6.45, 7) is 16.3. The number of carbonyl (C=O) groups excluding carboxylic acids is 4. The number of amides is 4. The summed E-state index contributed by atoms with van der Waals surface area (Å²) in [7, 11) is 8.40. The van der Waals surface area contributed by atoms with E-state index >= 15 is 0 Å². The lowest BCUT2D eigenvalue weighted by molar-refractivity contribution is -0.0772. The van der Waals surface area contributed by atoms with Crippen molar-refractivity contribution in [2.75, 3.05) is 193 Å². The van der Waals surface area contributed by atoms with E-state index in [0.29, 0.717) is 122 Å². The van der Waals surface area contributed by atoms with Crippen LogP contribution in [-0.4, -0.2) is 315 Å². The van der Waals surface area contributed by atoms with E-state index in [9.17, 15) is 39.6 Å². The number of morpholine rings is 1. The van der Waals surface area contributed by atoms with Gasteiger partial charge in [0.15, 0.2) is 34.2 Å². The molecule has 10 heterocycles. The van der Waals surface area contributed by atoms with Crippen molar-refractivity contribution in [3.63, 3.8) is 0 Å². The summed E-state index contributed by atoms with van der Waals surface area (Å²) in [6, 6.07) is 91.0. The molecule has 27 nitrogen and oxygen atoms in total. The first-order valence-corrected chi connectivity index (χ1v) is 52.4. The van der Waals surface area contributed by atoms with Crippen LogP contribution in [0.5, 0.6) is 23.0 Å². The number of carbonyl (C=O) groups is 4. The van der Waals surface area contributed by atoms with E-state index in [4.69, 9.17) is 37.4 Å². The molecule has 0 radical (unpaired) electrons. The van der Waals surface area contributed by atoms with E-state index in [1.807, 2.05) is 82.6 Å². The van der Waals surface area contributed by atoms with Crippen LogP contribution < -0.4 is 18.9 Å². The number of hydrogen-bond acceptors (Lipinski definition) is 21. The third-order valence-electron chi connectivity index (χ3n) is 30.1. The van der Waals surface area contributed by atoms with E-state index in [0.717, 1.165) is 168 Å². The molecule has 27 heteroatoms. The molecule has 6 aliphatic rings. The normalized spacial score (nSPS) is 17.2. The summed E-state index contributed by atoms with van der Waals surface area (Å²) >= 11 is 0. The molecule has 22 rings (SSSR count). The number of fused-ring (bicyclic) bond motifs is 8. The standard InChI is InChI=1S/C32H38N4O3.C31H35N3O4.C29H32N2O5.C29H32N2O4/c1-34-15-17-36(18-16-34)32(38)30-20-28-29(33-30)7-4-8-31(28)39-22-27(37)21-35-13-11-24(12-14-35)26-10-9-23-5-2-3-6-25(23)19-26;35-26(20-33-12-10-23(11-13-33)25-9-8-22-4-1-2-5-24(22)18-25)21-38-30-7-3-6-28-27(30)19-29(32-28)31(36)34-14-16-37-17-15-34;1-30(34-2)29(33)27-17-24-8-5-9-26(28(24)36-27)35-19-25(32)18-31-14-12-21(13-15-31)23-11-10-20-6-3-4-7-22(20)16-23;1-30(2)29(33)27-17-24-8-5-9-26(28(24)35-27)34-19-25(32)18-31-14-12-21(13-15-31)23-11-10-20-6-3-4-7-22(20)16-23/h2-10,19-20,24,27,33,37H,11-18,21-22H2,1H3;1-9,18-19,23,26,32,35H,10-17,20-21H2;3-11,16-17,21,25,32H,12-15,18-19H2,1-2H3;3-11,16-17,21,25,32H,12-15,18-19H2,1-2H3/t27-;26-;2*25-/m0000/s1. The molecule has 0 saturated carbocycles. The second-order valence-corrected chi connectivity index (χ2v) is 40.6. The molecule has 6 N–H and O–H groups in total. The summed E-state index contributed by atoms with van der Waals surface area (Å²) < 4.78 is 40.8. The van der Waals surface area contributed by atoms with Crippen molar-refractivity contribution >= 4 is 110 Å². The van der Waals surface area contributed by atoms with Gasteiger partial charge in [0, 0.05) is 119 Å². The van der Waals surface area contributed by atoms with Gasteiger partial charge in [-0.3, -0.25) is 24.0 Å². The molecule has 6 aliphatic heterocycles. The van der Waals surface area contributed by atoms with Crippen molar-refractivity contribution in [2.45, 2.75) is 99.5 Å². The van der Waals surface area contributed by atoms with Crippen molar-refractivity contribution in [2.24, 2.45) is 0 Å². The summed E-state index contributed by atoms with van der Waals surface area (Å²) in [4.78, 5) is 78.7. The Morgan fingerprint density at radius 3 is 0.966 bits per heavy atom. The molecule has 0 unspecified atom stereocenters. The van der Waals surface area contributed by atoms with Crippen LogP contribution in [0.1, 0.15) is 139 Å². The Labute approximate surface area is 863 Å². The number of piperazine rings is 1. The van der Waals surface area contributed by atoms with Crippen LogP contribution in [0.3, 0.4) is 0 Å². The molecule has 16 aromatic rings. The Bertz CT molecular complexity index is 7190. The zero-order valence-corrected chi connectivity index (χ0v) is 85.4. The lowest BCUT2D eigenvalue weighted by atomic mass is 9.88. The minimum atomic E-state index is -0.631. The summed E-state index contributed by atoms with van der Waals surface area (Å²) in [6.07, 6.45) is 6.28. The highest BCUT2D eigenvalue weighted by molar-refractivity contribution is 6.02. The van der Waals surface area contributed by atoms with Crippen LogP contribution in [0.2, 0.25) is 0 Å². The van der Waals surface area contributed by atoms with E-state index in [2.05, 4.69) is 211 Å². The second kappa shape index (κ2) is 48.6. The topological polar surface area (TPSA) is 292 Å². The number of para-hydroxylation sites is 2. The van der Waals surface area contributed by atoms with Gasteiger partial charge in [0.25, 0.3) is 17.7 Å². The smallest absolute Gasteiger partial charge is 0.312 e. The molecule has 6 fully saturated rings. The van der Waals surface area contributed by atoms with Gasteiger partial charge in [0.2, 0.25) is 0 Å². The average Bonchev–Trinajstić information content (AvgIpc) is 1.65. The first-order chi connectivity index (χ1) is 72.2. The van der Waals surface area contributed by atoms with Gasteiger partial charge < -0.3 is 102 Å². The van der Waals surface area contributed by atoms with Crippen molar-refractivity contribution in [1.82, 2.24) is 54.2 Å². The molecule has 4 aromatic heterocycles. The number of aromatic nitrogens is 2. The van der Waals surface area contributed by atoms with Crippen LogP contribution in [0, 0.1) is 0 Å². The molecule has 0 spiro atoms. The number of aliphatic hydroxyl groups is 4. The molecule has 0 bridgehead atoms. The van der Waals surface area contributed by atoms with E-state index < -0.39 is 24.4 Å². The van der Waals surface area contributed by atoms with Gasteiger partial charge >= 0.3 is 5.91 Å². The number of hydroxylamine groups is 2. The average molecular weight is 2000 g/mol. The summed E-state index contributed by atoms with van der Waals surface area (Å²) in [5, 5.41) is 57.5. The van der Waals surface area contributed by atoms with Gasteiger partial charge in [-0.15, -0.1) is 0 Å². The summed E-state index contributed by atoms with van der Waals surface area (Å²) in [5.74, 6) is 4.49. The largest absolute Gasteiger partial charge is 0.490 e. The Balaban J connectivity index is 0.000000124. The number of likely N-dealkylation sites (tertiary alicyclic amines) is 4. The van der Waals surface area contributed by atoms with Crippen molar-refractivity contribution < 1.29 is 77.0 Å². The van der Waals surface area contributed by atoms with Crippen molar-refractivity contribution in [1.29, 1.82) is 0 Å². The number of nitrogens with zero attached hydrogens (tertiary/aromatic N) is 9. The number of likely N-dealkylation sites (N-methyl/N-ethyl adjacent to an activating group) is 1. The molecule has 4 amide bonds. The number of furan rings is 2. The maximum Gasteiger partial charge on any atom is 0.312 e. The van der Waals surface area contributed by atoms with Gasteiger partial charge in [-0.25, -0.2) is 5.06 Å². The van der Waals surface area contributed by atoms with E-state index in [1.165, 1.54) is 84.4 Å². The molecule has 4 atom stereocenters. The molecule has 0 aliphatic carbocycles. The van der Waals surface area contributed by atoms with Crippen molar-refractivity contribution in [3.05, 3.63) is 312 Å². The fourth-order valence-corrected chi connectivity index (χ4v) is 21.6. The second-order valence-electron chi connectivity index (χ2n) is 40.6. The Morgan fingerprint density at radius 1 is 0.338 bits per heavy atom. The number of hydrogen-bond donors (Lipinski definition) is 6. The number of piperidine rings is 4. The number of aromatic amines is 2. The number of ether oxygens (including phenoxy) is 5. The number of nitrogens with one attached hydrogen (secondary N) is 2. The minimum Gasteiger partial charge on any atom is -0.490 e. The molecular formula is C121H137N11O16. The highest BCUT2D eigenvalue weighted by Crippen LogP contribution is 2.39. The quantitative estimate of drug-likeness (QED) is 0.0237. The Morgan fingerprint density at radius 2 is 0.635 bits per heavy atom. The predicted molar refractivity (Wildman–Crippen MR) is 582 cm³/mol. The third kappa shape index (κ3) is 25.7. The number of benzene rings is 12. The minimum absolute atomic E-state index is 0.0253. The predicted octanol–water partition coefficient (Wildman–Crippen LogP) is 18.5. The lowest BCUT2D eigenvalue weighted by Gasteiger charge is -2.33. The van der Waals surface area contributed by atoms with Gasteiger partial charge in [-0.1, -0.05) is 206 Å². The Hall–Kier alpha value is -13.5. The number of aliphatic hydroxyl groups excluding tert-OH is 4. The summed E-state index contributed by atoms with van der Waals surface area (Å²) in [5.41, 5.74) is 9.51. The van der Waals surface area contributed by atoms with Gasteiger partial charge in [-0.05, 0) is 260 Å². The first-order valence-electron chi connectivity index (χ1n) is 52.4. The van der Waals surface area contributed by atoms with Crippen molar-refractivity contribution in [3.8, 4) is 23.0 Å². The van der Waals surface area contributed by atoms with Crippen LogP contribution in [-0.2, 0) is 9.57 Å². The van der Waals surface area contributed by atoms with Gasteiger partial charge in [0.05, 0.1) is 20.3 Å². The lowest BCUT2D eigenvalue weighted by Crippen LogP contribution is -2.47. The van der Waals surface area contributed by atoms with Crippen LogP contribution in [0.25, 0.3) is 86.8 Å². The highest BCUT2D eigenvalue weighted by Gasteiger charge is 2.32. The number of β-amino-alcohol motifs (C(OH)–C–C–N with tert-alkyl or cyclic N) is 4. The fraction of sp³-hybridized carbons (Fsp3) is 0.372. The zero-order chi connectivity index (χ0) is 102. The maximum atomic E-state index is 13.0. The van der Waals surface area contributed by atoms with Crippen LogP contribution >= 0.6 is 0 Å². The fourth-order valence-electron chi connectivity index (χ4n) is 21.6. The van der Waals surface area contributed by atoms with Crippen LogP contribution in [0.15, 0.2) is 276 Å². The SMILES string of the molecule is CN(C)C(=O)c1cc2cccc(OC[C@@H](O)CN3CCC(c4ccc5ccccc5c4)CC3)c2o1.CN1CCN(C(=O)c2cc3c(OC[C@@H](O)CN4CCC(c5ccc6ccccc6c5)CC4)cccc3[nH]2)CC1.CON(C)C(=O)c1cc2cccc(OC[C@@H](O)CN3CCC(c4ccc5ccccc5c4)CC3)c2o1.O=C(c1cc2c(OC[C@@H](O)CN3CCC(c4ccc5ccccc5c4)CC3)cccc2[nH]1)N1CCOCC1. The van der Waals surface area contributed by atoms with Crippen LogP contribution in [0.4, 0.5) is 0 Å². The highest BCUT2D eigenvalue weighted by atomic mass is 16.7. The first kappa shape index (κ1) is 103.